The van der Waals surface area contributed by atoms with Crippen molar-refractivity contribution in [1.82, 2.24) is 5.32 Å². The highest BCUT2D eigenvalue weighted by Crippen LogP contribution is 2.25. The van der Waals surface area contributed by atoms with E-state index in [2.05, 4.69) is 5.32 Å². The van der Waals surface area contributed by atoms with Gasteiger partial charge in [-0.25, -0.2) is 4.39 Å². The average molecular weight is 260 g/mol. The maximum Gasteiger partial charge on any atom is 0.405 e. The van der Waals surface area contributed by atoms with Gasteiger partial charge in [0.05, 0.1) is 6.07 Å². The molecule has 0 aliphatic heterocycles. The summed E-state index contributed by atoms with van der Waals surface area (Å²) in [4.78, 5) is 0. The second-order valence-corrected chi connectivity index (χ2v) is 3.90. The topological polar surface area (TPSA) is 35.8 Å². The van der Waals surface area contributed by atoms with Gasteiger partial charge in [-0.3, -0.25) is 0 Å². The van der Waals surface area contributed by atoms with Crippen LogP contribution >= 0.6 is 0 Å². The molecule has 2 unspecified atom stereocenters. The fourth-order valence-corrected chi connectivity index (χ4v) is 1.40. The van der Waals surface area contributed by atoms with E-state index in [1.807, 2.05) is 0 Å². The highest BCUT2D eigenvalue weighted by Gasteiger charge is 2.39. The molecule has 0 amide bonds. The smallest absolute Gasteiger partial charge is 0.309 e. The number of hydrogen-bond acceptors (Lipinski definition) is 2. The number of alkyl halides is 3. The Morgan fingerprint density at radius 1 is 1.28 bits per heavy atom. The van der Waals surface area contributed by atoms with Crippen LogP contribution in [-0.2, 0) is 0 Å². The molecule has 0 spiro atoms. The van der Waals surface area contributed by atoms with E-state index in [9.17, 15) is 17.6 Å². The summed E-state index contributed by atoms with van der Waals surface area (Å²) >= 11 is 0. The fraction of sp³-hybridized carbons (Fsp3) is 0.417. The van der Waals surface area contributed by atoms with Crippen molar-refractivity contribution in [2.75, 3.05) is 6.54 Å². The summed E-state index contributed by atoms with van der Waals surface area (Å²) in [6, 6.07) is 6.27. The molecule has 98 valence electrons. The van der Waals surface area contributed by atoms with Crippen LogP contribution in [0.1, 0.15) is 18.5 Å². The first-order valence-corrected chi connectivity index (χ1v) is 5.29. The molecule has 1 N–H and O–H groups in total. The Morgan fingerprint density at radius 3 is 2.28 bits per heavy atom. The van der Waals surface area contributed by atoms with E-state index in [0.717, 1.165) is 0 Å². The zero-order valence-corrected chi connectivity index (χ0v) is 9.63. The van der Waals surface area contributed by atoms with Crippen molar-refractivity contribution in [3.8, 4) is 6.07 Å². The van der Waals surface area contributed by atoms with Crippen LogP contribution in [0.2, 0.25) is 0 Å². The highest BCUT2D eigenvalue weighted by molar-refractivity contribution is 5.19. The number of hydrogen-bond donors (Lipinski definition) is 1. The molecule has 0 bridgehead atoms. The third-order valence-electron chi connectivity index (χ3n) is 2.55. The Labute approximate surface area is 102 Å². The van der Waals surface area contributed by atoms with Gasteiger partial charge < -0.3 is 5.32 Å². The molecule has 2 nitrogen and oxygen atoms in total. The van der Waals surface area contributed by atoms with Crippen LogP contribution in [0.25, 0.3) is 0 Å². The van der Waals surface area contributed by atoms with Crippen molar-refractivity contribution in [3.63, 3.8) is 0 Å². The van der Waals surface area contributed by atoms with Crippen LogP contribution in [0.15, 0.2) is 24.3 Å². The summed E-state index contributed by atoms with van der Waals surface area (Å²) in [6.07, 6.45) is -4.54. The van der Waals surface area contributed by atoms with Gasteiger partial charge in [0, 0.05) is 12.6 Å². The lowest BCUT2D eigenvalue weighted by atomic mass is 10.1. The van der Waals surface area contributed by atoms with Crippen molar-refractivity contribution >= 4 is 0 Å². The quantitative estimate of drug-likeness (QED) is 0.844. The van der Waals surface area contributed by atoms with Crippen molar-refractivity contribution in [1.29, 1.82) is 5.26 Å². The molecule has 1 rings (SSSR count). The van der Waals surface area contributed by atoms with Crippen molar-refractivity contribution in [2.24, 2.45) is 5.92 Å². The summed E-state index contributed by atoms with van der Waals surface area (Å²) in [7, 11) is 0. The Kier molecular flexibility index (Phi) is 4.68. The number of nitriles is 1. The van der Waals surface area contributed by atoms with E-state index >= 15 is 0 Å². The maximum atomic E-state index is 12.7. The molecule has 0 radical (unpaired) electrons. The second-order valence-electron chi connectivity index (χ2n) is 3.90. The number of halogens is 4. The van der Waals surface area contributed by atoms with Crippen LogP contribution in [-0.4, -0.2) is 12.7 Å². The lowest BCUT2D eigenvalue weighted by molar-refractivity contribution is -0.157. The molecule has 0 aromatic heterocycles. The first kappa shape index (κ1) is 14.5. The lowest BCUT2D eigenvalue weighted by Crippen LogP contribution is -2.33. The first-order chi connectivity index (χ1) is 8.34. The fourth-order valence-electron chi connectivity index (χ4n) is 1.40. The molecule has 0 saturated heterocycles. The minimum atomic E-state index is -4.54. The molecule has 0 heterocycles. The van der Waals surface area contributed by atoms with Crippen molar-refractivity contribution in [2.45, 2.75) is 19.1 Å². The molecule has 0 aliphatic carbocycles. The Hall–Kier alpha value is -1.61. The van der Waals surface area contributed by atoms with Gasteiger partial charge in [0.25, 0.3) is 0 Å². The summed E-state index contributed by atoms with van der Waals surface area (Å²) in [5, 5.41) is 11.0. The molecule has 0 fully saturated rings. The monoisotopic (exact) mass is 260 g/mol. The van der Waals surface area contributed by atoms with E-state index in [1.54, 1.807) is 6.92 Å². The van der Waals surface area contributed by atoms with Crippen LogP contribution in [0.3, 0.4) is 0 Å². The largest absolute Gasteiger partial charge is 0.405 e. The van der Waals surface area contributed by atoms with E-state index in [1.165, 1.54) is 30.3 Å². The van der Waals surface area contributed by atoms with Gasteiger partial charge in [-0.2, -0.15) is 18.4 Å². The third kappa shape index (κ3) is 4.00. The molecular weight excluding hydrogens is 248 g/mol. The standard InChI is InChI=1S/C12H12F4N2/c1-8(9-2-4-11(13)5-3-9)18-7-10(6-17)12(14,15)16/h2-5,8,10,18H,7H2,1H3. The zero-order valence-electron chi connectivity index (χ0n) is 9.63. The van der Waals surface area contributed by atoms with Crippen LogP contribution in [0.4, 0.5) is 17.6 Å². The molecule has 1 aromatic rings. The summed E-state index contributed by atoms with van der Waals surface area (Å²) in [5.41, 5.74) is 0.662. The van der Waals surface area contributed by atoms with Gasteiger partial charge in [-0.05, 0) is 24.6 Å². The van der Waals surface area contributed by atoms with Crippen molar-refractivity contribution in [3.05, 3.63) is 35.6 Å². The molecule has 6 heteroatoms. The lowest BCUT2D eigenvalue weighted by Gasteiger charge is -2.18. The minimum absolute atomic E-state index is 0.385. The van der Waals surface area contributed by atoms with Gasteiger partial charge in [-0.1, -0.05) is 12.1 Å². The molecule has 18 heavy (non-hydrogen) atoms. The summed E-state index contributed by atoms with van der Waals surface area (Å²) < 4.78 is 49.6. The van der Waals surface area contributed by atoms with Gasteiger partial charge in [0.15, 0.2) is 5.92 Å². The van der Waals surface area contributed by atoms with E-state index in [-0.39, 0.29) is 6.04 Å². The van der Waals surface area contributed by atoms with Crippen molar-refractivity contribution < 1.29 is 17.6 Å². The highest BCUT2D eigenvalue weighted by atomic mass is 19.4. The number of benzene rings is 1. The van der Waals surface area contributed by atoms with Gasteiger partial charge in [-0.15, -0.1) is 0 Å². The molecule has 0 saturated carbocycles. The SMILES string of the molecule is CC(NCC(C#N)C(F)(F)F)c1ccc(F)cc1. The third-order valence-corrected chi connectivity index (χ3v) is 2.55. The van der Waals surface area contributed by atoms with Gasteiger partial charge >= 0.3 is 6.18 Å². The maximum absolute atomic E-state index is 12.7. The summed E-state index contributed by atoms with van der Waals surface area (Å²) in [6.45, 7) is 1.16. The second kappa shape index (κ2) is 5.83. The van der Waals surface area contributed by atoms with Crippen LogP contribution in [0.5, 0.6) is 0 Å². The predicted octanol–water partition coefficient (Wildman–Crippen LogP) is 3.18. The number of nitrogens with one attached hydrogen (secondary N) is 1. The number of rotatable bonds is 4. The zero-order chi connectivity index (χ0) is 13.8. The Morgan fingerprint density at radius 2 is 1.83 bits per heavy atom. The Balaban J connectivity index is 2.58. The minimum Gasteiger partial charge on any atom is -0.309 e. The molecule has 1 aromatic carbocycles. The first-order valence-electron chi connectivity index (χ1n) is 5.29. The van der Waals surface area contributed by atoms with Gasteiger partial charge in [0.2, 0.25) is 0 Å². The average Bonchev–Trinajstić information content (AvgIpc) is 2.28. The van der Waals surface area contributed by atoms with Gasteiger partial charge in [0.1, 0.15) is 5.82 Å². The predicted molar refractivity (Wildman–Crippen MR) is 58.0 cm³/mol. The normalized spacial score (nSPS) is 14.9. The van der Waals surface area contributed by atoms with Crippen LogP contribution < -0.4 is 5.32 Å². The molecular formula is C12H12F4N2. The molecule has 0 aliphatic rings. The van der Waals surface area contributed by atoms with E-state index in [4.69, 9.17) is 5.26 Å². The van der Waals surface area contributed by atoms with E-state index < -0.39 is 24.5 Å². The Bertz CT molecular complexity index is 419. The molecule has 2 atom stereocenters. The summed E-state index contributed by atoms with van der Waals surface area (Å²) in [5.74, 6) is -2.45. The van der Waals surface area contributed by atoms with Crippen LogP contribution in [0, 0.1) is 23.1 Å². The van der Waals surface area contributed by atoms with E-state index in [0.29, 0.717) is 5.56 Å². The number of nitrogens with zero attached hydrogens (tertiary/aromatic N) is 1.